The first-order chi connectivity index (χ1) is 12.6. The highest BCUT2D eigenvalue weighted by molar-refractivity contribution is 8.03. The summed E-state index contributed by atoms with van der Waals surface area (Å²) in [6.45, 7) is 6.61. The van der Waals surface area contributed by atoms with E-state index >= 15 is 0 Å². The Morgan fingerprint density at radius 3 is 2.56 bits per heavy atom. The van der Waals surface area contributed by atoms with E-state index < -0.39 is 30.2 Å². The summed E-state index contributed by atoms with van der Waals surface area (Å²) in [6, 6.07) is 5.17. The highest BCUT2D eigenvalue weighted by Gasteiger charge is 2.16. The smallest absolute Gasteiger partial charge is 0.407 e. The maximum absolute atomic E-state index is 11.9. The zero-order valence-electron chi connectivity index (χ0n) is 15.8. The van der Waals surface area contributed by atoms with E-state index in [0.717, 1.165) is 22.2 Å². The largest absolute Gasteiger partial charge is 0.456 e. The fourth-order valence-corrected chi connectivity index (χ4v) is 2.36. The molecule has 9 heteroatoms. The predicted molar refractivity (Wildman–Crippen MR) is 101 cm³/mol. The van der Waals surface area contributed by atoms with Crippen LogP contribution in [0.4, 0.5) is 10.5 Å². The lowest BCUT2D eigenvalue weighted by Crippen LogP contribution is -2.34. The molecule has 1 rings (SSSR count). The van der Waals surface area contributed by atoms with Crippen molar-refractivity contribution in [1.82, 2.24) is 5.32 Å². The Balaban J connectivity index is 2.33. The molecule has 1 aromatic carbocycles. The summed E-state index contributed by atoms with van der Waals surface area (Å²) >= 11 is 1.03. The van der Waals surface area contributed by atoms with Gasteiger partial charge in [-0.05, 0) is 63.2 Å². The molecule has 0 aliphatic carbocycles. The van der Waals surface area contributed by atoms with Gasteiger partial charge in [-0.1, -0.05) is 0 Å². The van der Waals surface area contributed by atoms with E-state index in [4.69, 9.17) is 14.7 Å². The van der Waals surface area contributed by atoms with Crippen molar-refractivity contribution in [2.45, 2.75) is 44.6 Å². The second-order valence-electron chi connectivity index (χ2n) is 6.56. The number of benzene rings is 1. The second-order valence-corrected chi connectivity index (χ2v) is 7.42. The highest BCUT2D eigenvalue weighted by atomic mass is 32.2. The average molecular weight is 393 g/mol. The van der Waals surface area contributed by atoms with Gasteiger partial charge >= 0.3 is 12.1 Å². The molecule has 0 radical (unpaired) electrons. The van der Waals surface area contributed by atoms with Crippen LogP contribution in [0.15, 0.2) is 23.1 Å². The van der Waals surface area contributed by atoms with Gasteiger partial charge in [0.1, 0.15) is 11.0 Å². The van der Waals surface area contributed by atoms with Gasteiger partial charge in [-0.3, -0.25) is 9.59 Å². The number of nitrogens with one attached hydrogen (secondary N) is 2. The minimum atomic E-state index is -0.624. The molecule has 1 aromatic rings. The molecule has 0 aliphatic heterocycles. The van der Waals surface area contributed by atoms with E-state index in [2.05, 4.69) is 10.6 Å². The zero-order valence-corrected chi connectivity index (χ0v) is 16.6. The summed E-state index contributed by atoms with van der Waals surface area (Å²) in [7, 11) is 0. The van der Waals surface area contributed by atoms with Gasteiger partial charge in [0.05, 0.1) is 6.42 Å². The predicted octanol–water partition coefficient (Wildman–Crippen LogP) is 2.96. The molecule has 0 atom stereocenters. The van der Waals surface area contributed by atoms with Crippen molar-refractivity contribution in [1.29, 1.82) is 5.26 Å². The number of carbonyl (C=O) groups excluding carboxylic acids is 3. The molecule has 2 N–H and O–H groups in total. The van der Waals surface area contributed by atoms with Gasteiger partial charge in [0, 0.05) is 17.1 Å². The number of rotatable bonds is 7. The van der Waals surface area contributed by atoms with Gasteiger partial charge in [-0.25, -0.2) is 4.79 Å². The van der Waals surface area contributed by atoms with E-state index in [1.54, 1.807) is 45.9 Å². The molecule has 0 heterocycles. The number of hydrogen-bond acceptors (Lipinski definition) is 7. The second kappa shape index (κ2) is 10.4. The summed E-state index contributed by atoms with van der Waals surface area (Å²) in [5.41, 5.74) is 0.744. The highest BCUT2D eigenvalue weighted by Crippen LogP contribution is 2.23. The first-order valence-corrected chi connectivity index (χ1v) is 9.01. The van der Waals surface area contributed by atoms with E-state index in [-0.39, 0.29) is 13.0 Å². The van der Waals surface area contributed by atoms with Crippen molar-refractivity contribution in [3.8, 4) is 5.40 Å². The summed E-state index contributed by atoms with van der Waals surface area (Å²) in [4.78, 5) is 35.7. The molecular formula is C18H23N3O5S. The quantitative estimate of drug-likeness (QED) is 0.415. The molecule has 0 spiro atoms. The van der Waals surface area contributed by atoms with Crippen LogP contribution >= 0.6 is 11.8 Å². The van der Waals surface area contributed by atoms with E-state index in [1.807, 2.05) is 5.40 Å². The molecular weight excluding hydrogens is 370 g/mol. The summed E-state index contributed by atoms with van der Waals surface area (Å²) in [5, 5.41) is 15.7. The van der Waals surface area contributed by atoms with Crippen LogP contribution in [-0.4, -0.2) is 36.7 Å². The van der Waals surface area contributed by atoms with Crippen molar-refractivity contribution in [3.05, 3.63) is 23.8 Å². The van der Waals surface area contributed by atoms with Gasteiger partial charge in [0.2, 0.25) is 0 Å². The number of thiocyanates is 1. The number of hydrogen-bond donors (Lipinski definition) is 2. The maximum atomic E-state index is 11.9. The summed E-state index contributed by atoms with van der Waals surface area (Å²) in [5.74, 6) is -1.09. The molecule has 0 aromatic heterocycles. The molecule has 0 aliphatic rings. The van der Waals surface area contributed by atoms with Crippen LogP contribution in [0.3, 0.4) is 0 Å². The Morgan fingerprint density at radius 1 is 1.26 bits per heavy atom. The third kappa shape index (κ3) is 9.51. The molecule has 0 saturated heterocycles. The Morgan fingerprint density at radius 2 is 1.96 bits per heavy atom. The number of ether oxygens (including phenoxy) is 2. The lowest BCUT2D eigenvalue weighted by atomic mass is 10.2. The van der Waals surface area contributed by atoms with Gasteiger partial charge < -0.3 is 20.1 Å². The van der Waals surface area contributed by atoms with Crippen LogP contribution < -0.4 is 10.6 Å². The fraction of sp³-hybridized carbons (Fsp3) is 0.444. The number of amides is 2. The molecule has 27 heavy (non-hydrogen) atoms. The Kier molecular flexibility index (Phi) is 8.62. The molecule has 0 fully saturated rings. The normalized spacial score (nSPS) is 10.5. The Hall–Kier alpha value is -2.73. The Labute approximate surface area is 162 Å². The average Bonchev–Trinajstić information content (AvgIpc) is 2.54. The van der Waals surface area contributed by atoms with Gasteiger partial charge in [0.25, 0.3) is 5.91 Å². The lowest BCUT2D eigenvalue weighted by Gasteiger charge is -2.19. The fourth-order valence-electron chi connectivity index (χ4n) is 1.88. The van der Waals surface area contributed by atoms with Crippen LogP contribution in [0.1, 0.15) is 32.8 Å². The lowest BCUT2D eigenvalue weighted by molar-refractivity contribution is -0.147. The SMILES string of the molecule is Cc1cc(SC#N)ccc1NC(=O)COC(=O)CCNC(=O)OC(C)(C)C. The topological polar surface area (TPSA) is 118 Å². The monoisotopic (exact) mass is 393 g/mol. The van der Waals surface area contributed by atoms with Gasteiger partial charge in [0.15, 0.2) is 6.61 Å². The molecule has 0 saturated carbocycles. The first-order valence-electron chi connectivity index (χ1n) is 8.19. The van der Waals surface area contributed by atoms with E-state index in [9.17, 15) is 14.4 Å². The van der Waals surface area contributed by atoms with Crippen LogP contribution in [0.25, 0.3) is 0 Å². The van der Waals surface area contributed by atoms with Crippen LogP contribution in [0.2, 0.25) is 0 Å². The number of carbonyl (C=O) groups is 3. The zero-order chi connectivity index (χ0) is 20.4. The summed E-state index contributed by atoms with van der Waals surface area (Å²) in [6.07, 6.45) is -0.701. The van der Waals surface area contributed by atoms with Gasteiger partial charge in [-0.2, -0.15) is 5.26 Å². The number of aryl methyl sites for hydroxylation is 1. The number of anilines is 1. The molecule has 0 bridgehead atoms. The number of esters is 1. The minimum Gasteiger partial charge on any atom is -0.456 e. The number of thioether (sulfide) groups is 1. The van der Waals surface area contributed by atoms with Crippen molar-refractivity contribution in [2.75, 3.05) is 18.5 Å². The molecule has 2 amide bonds. The molecule has 0 unspecified atom stereocenters. The van der Waals surface area contributed by atoms with Crippen LogP contribution in [0.5, 0.6) is 0 Å². The molecule has 146 valence electrons. The van der Waals surface area contributed by atoms with E-state index in [0.29, 0.717) is 5.69 Å². The third-order valence-electron chi connectivity index (χ3n) is 3.00. The van der Waals surface area contributed by atoms with Crippen molar-refractivity contribution >= 4 is 35.4 Å². The Bertz CT molecular complexity index is 737. The maximum Gasteiger partial charge on any atom is 0.407 e. The number of alkyl carbamates (subject to hydrolysis) is 1. The van der Waals surface area contributed by atoms with Crippen molar-refractivity contribution in [2.24, 2.45) is 0 Å². The standard InChI is InChI=1S/C18H23N3O5S/c1-12-9-13(27-11-19)5-6-14(12)21-15(22)10-25-16(23)7-8-20-17(24)26-18(2,3)4/h5-6,9H,7-8,10H2,1-4H3,(H,20,24)(H,21,22). The van der Waals surface area contributed by atoms with Crippen LogP contribution in [0, 0.1) is 17.6 Å². The molecule has 8 nitrogen and oxygen atoms in total. The third-order valence-corrected chi connectivity index (χ3v) is 3.58. The summed E-state index contributed by atoms with van der Waals surface area (Å²) < 4.78 is 9.90. The van der Waals surface area contributed by atoms with Crippen LogP contribution in [-0.2, 0) is 19.1 Å². The van der Waals surface area contributed by atoms with Gasteiger partial charge in [-0.15, -0.1) is 0 Å². The van der Waals surface area contributed by atoms with Crippen molar-refractivity contribution in [3.63, 3.8) is 0 Å². The van der Waals surface area contributed by atoms with Crippen molar-refractivity contribution < 1.29 is 23.9 Å². The minimum absolute atomic E-state index is 0.0481. The first kappa shape index (κ1) is 22.3. The number of nitrogens with zero attached hydrogens (tertiary/aromatic N) is 1. The van der Waals surface area contributed by atoms with E-state index in [1.165, 1.54) is 0 Å². The number of nitriles is 1.